The van der Waals surface area contributed by atoms with Gasteiger partial charge in [0, 0.05) is 18.8 Å². The van der Waals surface area contributed by atoms with E-state index in [1.807, 2.05) is 0 Å². The van der Waals surface area contributed by atoms with E-state index in [-0.39, 0.29) is 29.8 Å². The van der Waals surface area contributed by atoms with Gasteiger partial charge in [-0.3, -0.25) is 4.79 Å². The molecule has 6 heteroatoms. The van der Waals surface area contributed by atoms with Crippen molar-refractivity contribution in [3.8, 4) is 0 Å². The number of hydrogen-bond donors (Lipinski definition) is 1. The Morgan fingerprint density at radius 2 is 2.14 bits per heavy atom. The van der Waals surface area contributed by atoms with Crippen molar-refractivity contribution in [1.29, 1.82) is 0 Å². The van der Waals surface area contributed by atoms with Crippen molar-refractivity contribution >= 4 is 17.7 Å². The van der Waals surface area contributed by atoms with Gasteiger partial charge in [-0.25, -0.2) is 9.18 Å². The third-order valence-corrected chi connectivity index (χ3v) is 3.58. The molecule has 1 N–H and O–H groups in total. The average molecular weight is 308 g/mol. The largest absolute Gasteiger partial charge is 0.447 e. The highest BCUT2D eigenvalue weighted by molar-refractivity contribution is 5.93. The first-order valence-corrected chi connectivity index (χ1v) is 7.39. The second-order valence-electron chi connectivity index (χ2n) is 5.82. The van der Waals surface area contributed by atoms with Gasteiger partial charge in [0.15, 0.2) is 0 Å². The van der Waals surface area contributed by atoms with Crippen molar-refractivity contribution in [3.05, 3.63) is 29.6 Å². The van der Waals surface area contributed by atoms with Crippen LogP contribution in [-0.4, -0.2) is 36.1 Å². The van der Waals surface area contributed by atoms with Crippen molar-refractivity contribution in [2.24, 2.45) is 5.92 Å². The lowest BCUT2D eigenvalue weighted by atomic mass is 10.1. The predicted molar refractivity (Wildman–Crippen MR) is 81.1 cm³/mol. The van der Waals surface area contributed by atoms with Gasteiger partial charge in [0.05, 0.1) is 12.0 Å². The quantitative estimate of drug-likeness (QED) is 0.934. The Bertz CT molecular complexity index is 575. The third kappa shape index (κ3) is 3.96. The first-order valence-electron chi connectivity index (χ1n) is 7.39. The van der Waals surface area contributed by atoms with E-state index in [0.717, 1.165) is 0 Å². The number of likely N-dealkylation sites (tertiary alicyclic amines) is 1. The SMILES string of the molecule is Cc1cc(NC(=O)[C@H]2CCN(C(=O)OC(C)C)C2)ccc1F. The second-order valence-corrected chi connectivity index (χ2v) is 5.82. The number of carbonyl (C=O) groups excluding carboxylic acids is 2. The summed E-state index contributed by atoms with van der Waals surface area (Å²) in [4.78, 5) is 25.6. The molecular weight excluding hydrogens is 287 g/mol. The van der Waals surface area contributed by atoms with Gasteiger partial charge >= 0.3 is 6.09 Å². The molecule has 5 nitrogen and oxygen atoms in total. The number of halogens is 1. The van der Waals surface area contributed by atoms with Gasteiger partial charge in [0.25, 0.3) is 0 Å². The number of ether oxygens (including phenoxy) is 1. The lowest BCUT2D eigenvalue weighted by Crippen LogP contribution is -2.33. The lowest BCUT2D eigenvalue weighted by molar-refractivity contribution is -0.119. The minimum Gasteiger partial charge on any atom is -0.447 e. The van der Waals surface area contributed by atoms with Crippen LogP contribution in [0, 0.1) is 18.7 Å². The number of amides is 2. The van der Waals surface area contributed by atoms with Gasteiger partial charge in [0.2, 0.25) is 5.91 Å². The zero-order chi connectivity index (χ0) is 16.3. The van der Waals surface area contributed by atoms with Gasteiger partial charge in [-0.15, -0.1) is 0 Å². The van der Waals surface area contributed by atoms with Gasteiger partial charge in [-0.1, -0.05) is 0 Å². The van der Waals surface area contributed by atoms with Crippen LogP contribution in [0.4, 0.5) is 14.9 Å². The van der Waals surface area contributed by atoms with Crippen LogP contribution in [0.1, 0.15) is 25.8 Å². The maximum Gasteiger partial charge on any atom is 0.410 e. The first-order chi connectivity index (χ1) is 10.4. The Hall–Kier alpha value is -2.11. The minimum atomic E-state index is -0.386. The molecule has 2 amide bonds. The van der Waals surface area contributed by atoms with Crippen LogP contribution < -0.4 is 5.32 Å². The Labute approximate surface area is 129 Å². The summed E-state index contributed by atoms with van der Waals surface area (Å²) in [5, 5.41) is 2.77. The molecule has 0 unspecified atom stereocenters. The van der Waals surface area contributed by atoms with Crippen LogP contribution in [0.15, 0.2) is 18.2 Å². The lowest BCUT2D eigenvalue weighted by Gasteiger charge is -2.18. The summed E-state index contributed by atoms with van der Waals surface area (Å²) in [5.41, 5.74) is 1.04. The smallest absolute Gasteiger partial charge is 0.410 e. The minimum absolute atomic E-state index is 0.161. The highest BCUT2D eigenvalue weighted by Gasteiger charge is 2.32. The molecule has 0 aliphatic carbocycles. The molecule has 1 fully saturated rings. The van der Waals surface area contributed by atoms with E-state index >= 15 is 0 Å². The third-order valence-electron chi connectivity index (χ3n) is 3.58. The van der Waals surface area contributed by atoms with Gasteiger partial charge in [0.1, 0.15) is 5.82 Å². The number of hydrogen-bond acceptors (Lipinski definition) is 3. The number of nitrogens with zero attached hydrogens (tertiary/aromatic N) is 1. The zero-order valence-electron chi connectivity index (χ0n) is 13.1. The Morgan fingerprint density at radius 1 is 1.41 bits per heavy atom. The van der Waals surface area contributed by atoms with E-state index in [0.29, 0.717) is 30.8 Å². The molecule has 1 aromatic carbocycles. The van der Waals surface area contributed by atoms with Crippen LogP contribution in [0.5, 0.6) is 0 Å². The van der Waals surface area contributed by atoms with E-state index in [1.54, 1.807) is 31.7 Å². The highest BCUT2D eigenvalue weighted by Crippen LogP contribution is 2.20. The zero-order valence-corrected chi connectivity index (χ0v) is 13.1. The monoisotopic (exact) mass is 308 g/mol. The van der Waals surface area contributed by atoms with Crippen molar-refractivity contribution in [2.75, 3.05) is 18.4 Å². The van der Waals surface area contributed by atoms with Crippen LogP contribution in [0.3, 0.4) is 0 Å². The molecule has 0 aromatic heterocycles. The topological polar surface area (TPSA) is 58.6 Å². The van der Waals surface area contributed by atoms with Crippen LogP contribution in [0.2, 0.25) is 0 Å². The first kappa shape index (κ1) is 16.3. The second kappa shape index (κ2) is 6.77. The molecular formula is C16H21FN2O3. The fourth-order valence-corrected chi connectivity index (χ4v) is 2.38. The molecule has 2 rings (SSSR count). The molecule has 0 radical (unpaired) electrons. The van der Waals surface area contributed by atoms with E-state index in [9.17, 15) is 14.0 Å². The fraction of sp³-hybridized carbons (Fsp3) is 0.500. The fourth-order valence-electron chi connectivity index (χ4n) is 2.38. The van der Waals surface area contributed by atoms with Crippen LogP contribution in [-0.2, 0) is 9.53 Å². The van der Waals surface area contributed by atoms with Crippen LogP contribution >= 0.6 is 0 Å². The maximum absolute atomic E-state index is 13.2. The number of anilines is 1. The number of carbonyl (C=O) groups is 2. The summed E-state index contributed by atoms with van der Waals surface area (Å²) in [6.45, 7) is 6.07. The average Bonchev–Trinajstić information content (AvgIpc) is 2.92. The van der Waals surface area contributed by atoms with Crippen LogP contribution in [0.25, 0.3) is 0 Å². The summed E-state index contributed by atoms with van der Waals surface area (Å²) in [6, 6.07) is 4.44. The van der Waals surface area contributed by atoms with E-state index in [4.69, 9.17) is 4.74 Å². The van der Waals surface area contributed by atoms with Crippen molar-refractivity contribution < 1.29 is 18.7 Å². The predicted octanol–water partition coefficient (Wildman–Crippen LogP) is 2.94. The Kier molecular flexibility index (Phi) is 5.00. The molecule has 1 aromatic rings. The molecule has 0 saturated carbocycles. The van der Waals surface area contributed by atoms with Gasteiger partial charge in [-0.05, 0) is 51.0 Å². The maximum atomic E-state index is 13.2. The van der Waals surface area contributed by atoms with Crippen molar-refractivity contribution in [1.82, 2.24) is 4.90 Å². The number of nitrogens with one attached hydrogen (secondary N) is 1. The molecule has 22 heavy (non-hydrogen) atoms. The number of benzene rings is 1. The Balaban J connectivity index is 1.91. The summed E-state index contributed by atoms with van der Waals surface area (Å²) >= 11 is 0. The molecule has 0 bridgehead atoms. The summed E-state index contributed by atoms with van der Waals surface area (Å²) in [6.07, 6.45) is 0.0321. The highest BCUT2D eigenvalue weighted by atomic mass is 19.1. The summed E-state index contributed by atoms with van der Waals surface area (Å²) in [7, 11) is 0. The molecule has 120 valence electrons. The summed E-state index contributed by atoms with van der Waals surface area (Å²) in [5.74, 6) is -0.739. The van der Waals surface area contributed by atoms with E-state index < -0.39 is 0 Å². The molecule has 1 aliphatic heterocycles. The standard InChI is InChI=1S/C16H21FN2O3/c1-10(2)22-16(21)19-7-6-12(9-19)15(20)18-13-4-5-14(17)11(3)8-13/h4-5,8,10,12H,6-7,9H2,1-3H3,(H,18,20)/t12-/m0/s1. The van der Waals surface area contributed by atoms with Crippen molar-refractivity contribution in [2.45, 2.75) is 33.3 Å². The van der Waals surface area contributed by atoms with E-state index in [2.05, 4.69) is 5.32 Å². The van der Waals surface area contributed by atoms with Gasteiger partial charge < -0.3 is 15.0 Å². The number of rotatable bonds is 3. The van der Waals surface area contributed by atoms with Gasteiger partial charge in [-0.2, -0.15) is 0 Å². The molecule has 1 saturated heterocycles. The molecule has 1 aliphatic rings. The van der Waals surface area contributed by atoms with E-state index in [1.165, 1.54) is 12.1 Å². The number of aryl methyl sites for hydroxylation is 1. The van der Waals surface area contributed by atoms with Crippen molar-refractivity contribution in [3.63, 3.8) is 0 Å². The molecule has 1 atom stereocenters. The Morgan fingerprint density at radius 3 is 2.77 bits per heavy atom. The molecule has 1 heterocycles. The molecule has 0 spiro atoms. The summed E-state index contributed by atoms with van der Waals surface area (Å²) < 4.78 is 18.3. The normalized spacial score (nSPS) is 17.7.